The van der Waals surface area contributed by atoms with Crippen molar-refractivity contribution in [1.82, 2.24) is 9.55 Å². The van der Waals surface area contributed by atoms with E-state index in [9.17, 15) is 9.59 Å². The van der Waals surface area contributed by atoms with E-state index in [1.165, 1.54) is 11.3 Å². The largest absolute Gasteiger partial charge is 0.465 e. The van der Waals surface area contributed by atoms with E-state index in [1.54, 1.807) is 6.92 Å². The van der Waals surface area contributed by atoms with Crippen LogP contribution in [0.5, 0.6) is 0 Å². The fourth-order valence-corrected chi connectivity index (χ4v) is 4.37. The van der Waals surface area contributed by atoms with Crippen molar-refractivity contribution in [2.24, 2.45) is 5.92 Å². The van der Waals surface area contributed by atoms with Crippen LogP contribution >= 0.6 is 11.3 Å². The third-order valence-corrected chi connectivity index (χ3v) is 5.51. The van der Waals surface area contributed by atoms with Crippen LogP contribution in [-0.4, -0.2) is 28.0 Å². The maximum atomic E-state index is 12.7. The van der Waals surface area contributed by atoms with Gasteiger partial charge in [-0.1, -0.05) is 12.1 Å². The number of rotatable bonds is 3. The van der Waals surface area contributed by atoms with E-state index in [0.29, 0.717) is 5.95 Å². The van der Waals surface area contributed by atoms with Crippen molar-refractivity contribution in [3.63, 3.8) is 0 Å². The molecule has 3 heterocycles. The Kier molecular flexibility index (Phi) is 3.80. The second-order valence-electron chi connectivity index (χ2n) is 5.93. The number of carbonyl (C=O) groups excluding carboxylic acids is 2. The second kappa shape index (κ2) is 6.00. The van der Waals surface area contributed by atoms with Gasteiger partial charge in [0.05, 0.1) is 23.7 Å². The first-order valence-corrected chi connectivity index (χ1v) is 8.98. The van der Waals surface area contributed by atoms with E-state index in [4.69, 9.17) is 4.74 Å². The van der Waals surface area contributed by atoms with Crippen LogP contribution in [-0.2, 0) is 14.3 Å². The molecule has 1 aliphatic rings. The summed E-state index contributed by atoms with van der Waals surface area (Å²) in [4.78, 5) is 30.8. The Morgan fingerprint density at radius 2 is 2.16 bits per heavy atom. The van der Waals surface area contributed by atoms with Gasteiger partial charge in [0.15, 0.2) is 5.92 Å². The lowest BCUT2D eigenvalue weighted by atomic mass is 9.93. The van der Waals surface area contributed by atoms with E-state index in [0.717, 1.165) is 21.5 Å². The minimum atomic E-state index is -0.942. The molecule has 25 heavy (non-hydrogen) atoms. The molecule has 1 aliphatic heterocycles. The molecule has 0 aliphatic carbocycles. The number of thiophene rings is 1. The Bertz CT molecular complexity index is 975. The Morgan fingerprint density at radius 3 is 2.88 bits per heavy atom. The predicted molar refractivity (Wildman–Crippen MR) is 95.7 cm³/mol. The topological polar surface area (TPSA) is 73.2 Å². The van der Waals surface area contributed by atoms with Gasteiger partial charge in [0.25, 0.3) is 0 Å². The fraction of sp³-hybridized carbons (Fsp3) is 0.278. The number of benzene rings is 1. The van der Waals surface area contributed by atoms with Gasteiger partial charge in [-0.15, -0.1) is 11.3 Å². The average Bonchev–Trinajstić information content (AvgIpc) is 3.16. The van der Waals surface area contributed by atoms with Gasteiger partial charge in [0, 0.05) is 4.88 Å². The number of aryl methyl sites for hydroxylation is 1. The summed E-state index contributed by atoms with van der Waals surface area (Å²) in [6.07, 6.45) is 0. The highest BCUT2D eigenvalue weighted by Crippen LogP contribution is 2.41. The monoisotopic (exact) mass is 355 g/mol. The first kappa shape index (κ1) is 15.8. The number of esters is 1. The summed E-state index contributed by atoms with van der Waals surface area (Å²) in [5.74, 6) is -1.37. The summed E-state index contributed by atoms with van der Waals surface area (Å²) in [5.41, 5.74) is 2.70. The number of hydrogen-bond acceptors (Lipinski definition) is 5. The molecule has 1 N–H and O–H groups in total. The second-order valence-corrected chi connectivity index (χ2v) is 6.87. The molecule has 0 saturated carbocycles. The number of anilines is 1. The maximum absolute atomic E-state index is 12.7. The van der Waals surface area contributed by atoms with Gasteiger partial charge in [-0.25, -0.2) is 4.98 Å². The van der Waals surface area contributed by atoms with E-state index in [1.807, 2.05) is 47.2 Å². The van der Waals surface area contributed by atoms with E-state index >= 15 is 0 Å². The third-order valence-electron chi connectivity index (χ3n) is 4.42. The zero-order chi connectivity index (χ0) is 17.6. The molecule has 2 atom stereocenters. The third kappa shape index (κ3) is 2.42. The van der Waals surface area contributed by atoms with E-state index in [-0.39, 0.29) is 12.5 Å². The lowest BCUT2D eigenvalue weighted by Crippen LogP contribution is -2.43. The Morgan fingerprint density at radius 1 is 1.36 bits per heavy atom. The molecule has 0 unspecified atom stereocenters. The number of aromatic nitrogens is 2. The summed E-state index contributed by atoms with van der Waals surface area (Å²) >= 11 is 1.54. The van der Waals surface area contributed by atoms with Crippen molar-refractivity contribution in [1.29, 1.82) is 0 Å². The van der Waals surface area contributed by atoms with Crippen LogP contribution in [0.15, 0.2) is 35.7 Å². The number of hydrogen-bond donors (Lipinski definition) is 1. The summed E-state index contributed by atoms with van der Waals surface area (Å²) in [7, 11) is 0. The molecule has 3 aromatic rings. The van der Waals surface area contributed by atoms with Gasteiger partial charge in [-0.2, -0.15) is 0 Å². The molecule has 6 nitrogen and oxygen atoms in total. The van der Waals surface area contributed by atoms with Gasteiger partial charge in [-0.3, -0.25) is 14.9 Å². The van der Waals surface area contributed by atoms with Crippen LogP contribution in [0.2, 0.25) is 0 Å². The average molecular weight is 355 g/mol. The maximum Gasteiger partial charge on any atom is 0.321 e. The molecule has 1 aromatic carbocycles. The standard InChI is InChI=1S/C18H17N3O3S/c1-3-24-17(23)13-14(15-10(2)8-9-25-15)21-12-7-5-4-6-11(12)19-18(21)20-16(13)22/h4-9,13-14H,3H2,1-2H3,(H,19,20,22)/t13-,14-/m1/s1. The van der Waals surface area contributed by atoms with Crippen LogP contribution < -0.4 is 5.32 Å². The smallest absolute Gasteiger partial charge is 0.321 e. The Hall–Kier alpha value is -2.67. The van der Waals surface area contributed by atoms with Crippen molar-refractivity contribution >= 4 is 40.2 Å². The van der Waals surface area contributed by atoms with Crippen LogP contribution in [0.1, 0.15) is 23.4 Å². The predicted octanol–water partition coefficient (Wildman–Crippen LogP) is 3.13. The normalized spacial score (nSPS) is 19.5. The molecule has 2 aromatic heterocycles. The highest BCUT2D eigenvalue weighted by atomic mass is 32.1. The quantitative estimate of drug-likeness (QED) is 0.579. The van der Waals surface area contributed by atoms with Gasteiger partial charge in [-0.05, 0) is 43.0 Å². The highest BCUT2D eigenvalue weighted by molar-refractivity contribution is 7.10. The zero-order valence-electron chi connectivity index (χ0n) is 13.9. The molecule has 0 bridgehead atoms. The number of nitrogens with one attached hydrogen (secondary N) is 1. The minimum absolute atomic E-state index is 0.232. The van der Waals surface area contributed by atoms with Gasteiger partial charge >= 0.3 is 5.97 Å². The fourth-order valence-electron chi connectivity index (χ4n) is 3.32. The first-order valence-electron chi connectivity index (χ1n) is 8.10. The lowest BCUT2D eigenvalue weighted by molar-refractivity contribution is -0.152. The van der Waals surface area contributed by atoms with Crippen molar-refractivity contribution in [2.45, 2.75) is 19.9 Å². The molecule has 1 amide bonds. The summed E-state index contributed by atoms with van der Waals surface area (Å²) in [5, 5.41) is 4.74. The van der Waals surface area contributed by atoms with Crippen LogP contribution in [0.4, 0.5) is 5.95 Å². The number of ether oxygens (including phenoxy) is 1. The Labute approximate surface area is 148 Å². The highest BCUT2D eigenvalue weighted by Gasteiger charge is 2.45. The van der Waals surface area contributed by atoms with Gasteiger partial charge < -0.3 is 9.30 Å². The summed E-state index contributed by atoms with van der Waals surface area (Å²) < 4.78 is 7.14. The molecule has 0 radical (unpaired) electrons. The molecular formula is C18H17N3O3S. The van der Waals surface area contributed by atoms with Crippen molar-refractivity contribution in [3.05, 3.63) is 46.2 Å². The number of carbonyl (C=O) groups is 2. The summed E-state index contributed by atoms with van der Waals surface area (Å²) in [6, 6.07) is 9.19. The molecule has 128 valence electrons. The molecule has 0 fully saturated rings. The minimum Gasteiger partial charge on any atom is -0.465 e. The molecule has 0 spiro atoms. The number of fused-ring (bicyclic) bond motifs is 3. The van der Waals surface area contributed by atoms with E-state index < -0.39 is 17.9 Å². The SMILES string of the molecule is CCOC(=O)[C@H]1C(=O)Nc2nc3ccccc3n2[C@H]1c1sccc1C. The molecule has 0 saturated heterocycles. The van der Waals surface area contributed by atoms with Crippen molar-refractivity contribution in [3.8, 4) is 0 Å². The summed E-state index contributed by atoms with van der Waals surface area (Å²) in [6.45, 7) is 3.96. The van der Waals surface area contributed by atoms with Crippen molar-refractivity contribution in [2.75, 3.05) is 11.9 Å². The number of amides is 1. The lowest BCUT2D eigenvalue weighted by Gasteiger charge is -2.31. The van der Waals surface area contributed by atoms with E-state index in [2.05, 4.69) is 10.3 Å². The Balaban J connectivity index is 1.97. The van der Waals surface area contributed by atoms with Gasteiger partial charge in [0.2, 0.25) is 11.9 Å². The van der Waals surface area contributed by atoms with Gasteiger partial charge in [0.1, 0.15) is 0 Å². The van der Waals surface area contributed by atoms with Crippen LogP contribution in [0.25, 0.3) is 11.0 Å². The first-order chi connectivity index (χ1) is 12.1. The number of imidazole rings is 1. The number of para-hydroxylation sites is 2. The molecule has 7 heteroatoms. The van der Waals surface area contributed by atoms with Crippen LogP contribution in [0.3, 0.4) is 0 Å². The zero-order valence-corrected chi connectivity index (χ0v) is 14.7. The van der Waals surface area contributed by atoms with Crippen LogP contribution in [0, 0.1) is 12.8 Å². The molecular weight excluding hydrogens is 338 g/mol. The molecule has 4 rings (SSSR count). The van der Waals surface area contributed by atoms with Crippen molar-refractivity contribution < 1.29 is 14.3 Å². The number of nitrogens with zero attached hydrogens (tertiary/aromatic N) is 2.